The number of aliphatic hydroxyl groups is 1. The maximum absolute atomic E-state index is 13.0. The van der Waals surface area contributed by atoms with Crippen LogP contribution in [0.15, 0.2) is 24.3 Å². The molecule has 0 bridgehead atoms. The van der Waals surface area contributed by atoms with Crippen molar-refractivity contribution in [2.45, 2.75) is 292 Å². The first kappa shape index (κ1) is 74.7. The van der Waals surface area contributed by atoms with E-state index in [-0.39, 0.29) is 42.6 Å². The van der Waals surface area contributed by atoms with Crippen LogP contribution in [0.5, 0.6) is 0 Å². The molecule has 1 N–H and O–H groups in total. The number of nitrogens with zero attached hydrogens (tertiary/aromatic N) is 2. The van der Waals surface area contributed by atoms with Gasteiger partial charge in [-0.1, -0.05) is 181 Å². The quantitative estimate of drug-likeness (QED) is 0.0206. The molecular weight excluding hydrogens is 965 g/mol. The van der Waals surface area contributed by atoms with E-state index >= 15 is 0 Å². The second kappa shape index (κ2) is 59.8. The molecule has 0 aliphatic carbocycles. The Morgan fingerprint density at radius 1 is 0.377 bits per heavy atom. The Labute approximate surface area is 475 Å². The Morgan fingerprint density at radius 3 is 1.17 bits per heavy atom. The van der Waals surface area contributed by atoms with Gasteiger partial charge in [0.15, 0.2) is 6.29 Å². The molecule has 11 nitrogen and oxygen atoms in total. The minimum absolute atomic E-state index is 0.0168. The smallest absolute Gasteiger partial charge is 0.308 e. The third kappa shape index (κ3) is 50.4. The van der Waals surface area contributed by atoms with Crippen molar-refractivity contribution in [3.63, 3.8) is 0 Å². The van der Waals surface area contributed by atoms with Crippen LogP contribution in [-0.2, 0) is 38.1 Å². The molecule has 77 heavy (non-hydrogen) atoms. The summed E-state index contributed by atoms with van der Waals surface area (Å²) in [6.07, 6.45) is 47.7. The Hall–Kier alpha value is -2.31. The zero-order valence-electron chi connectivity index (χ0n) is 51.5. The molecule has 0 aromatic heterocycles. The van der Waals surface area contributed by atoms with Crippen LogP contribution in [0.2, 0.25) is 0 Å². The third-order valence-electron chi connectivity index (χ3n) is 14.8. The highest BCUT2D eigenvalue weighted by Gasteiger charge is 2.21. The second-order valence-corrected chi connectivity index (χ2v) is 22.0. The third-order valence-corrected chi connectivity index (χ3v) is 14.8. The molecule has 0 radical (unpaired) electrons. The minimum atomic E-state index is -0.381. The standard InChI is InChI=1S/C66H126N2O9/c1-7-13-19-23-28-39-57-74-64(75-58-40-29-24-20-14-8-2)48-47-63(70)73-56-38-30-25-37-51-68(54-55-69)53-52-67(49-35-26-31-41-59-76-65(71)61(43-17-11-5)45-33-21-15-9-3)50-36-27-32-42-60-77-66(72)62(44-18-12-6)46-34-22-16-10-4/h13-14,19-20,61-62,64,69H,7-12,15-18,21-60H2,1-6H3/b19-13-,20-14-. The Morgan fingerprint density at radius 2 is 0.753 bits per heavy atom. The van der Waals surface area contributed by atoms with Gasteiger partial charge in [0.05, 0.1) is 44.7 Å². The predicted molar refractivity (Wildman–Crippen MR) is 323 cm³/mol. The first-order chi connectivity index (χ1) is 37.8. The van der Waals surface area contributed by atoms with Crippen LogP contribution in [0.4, 0.5) is 0 Å². The van der Waals surface area contributed by atoms with Gasteiger partial charge in [-0.25, -0.2) is 0 Å². The molecule has 2 atom stereocenters. The molecule has 0 aliphatic rings. The first-order valence-corrected chi connectivity index (χ1v) is 32.9. The number of allylic oxidation sites excluding steroid dienone is 4. The molecule has 0 rings (SSSR count). The molecule has 0 heterocycles. The monoisotopic (exact) mass is 1090 g/mol. The van der Waals surface area contributed by atoms with Gasteiger partial charge in [0.2, 0.25) is 0 Å². The van der Waals surface area contributed by atoms with Crippen molar-refractivity contribution in [3.05, 3.63) is 24.3 Å². The zero-order valence-corrected chi connectivity index (χ0v) is 51.5. The molecule has 0 spiro atoms. The zero-order chi connectivity index (χ0) is 56.3. The maximum Gasteiger partial charge on any atom is 0.308 e. The molecule has 454 valence electrons. The van der Waals surface area contributed by atoms with Gasteiger partial charge in [-0.3, -0.25) is 19.3 Å². The van der Waals surface area contributed by atoms with E-state index in [1.165, 1.54) is 38.5 Å². The van der Waals surface area contributed by atoms with Crippen LogP contribution >= 0.6 is 0 Å². The van der Waals surface area contributed by atoms with E-state index in [0.29, 0.717) is 52.4 Å². The molecule has 0 amide bonds. The molecule has 0 fully saturated rings. The summed E-state index contributed by atoms with van der Waals surface area (Å²) in [6, 6.07) is 0. The molecular formula is C66H126N2O9. The van der Waals surface area contributed by atoms with Crippen molar-refractivity contribution >= 4 is 17.9 Å². The van der Waals surface area contributed by atoms with E-state index in [0.717, 1.165) is 225 Å². The maximum atomic E-state index is 13.0. The lowest BCUT2D eigenvalue weighted by Gasteiger charge is -2.27. The topological polar surface area (TPSA) is 124 Å². The lowest BCUT2D eigenvalue weighted by Crippen LogP contribution is -2.38. The van der Waals surface area contributed by atoms with Crippen LogP contribution in [0.1, 0.15) is 286 Å². The molecule has 0 aliphatic heterocycles. The number of esters is 3. The van der Waals surface area contributed by atoms with Crippen LogP contribution in [0.3, 0.4) is 0 Å². The van der Waals surface area contributed by atoms with Gasteiger partial charge in [0.25, 0.3) is 0 Å². The van der Waals surface area contributed by atoms with Crippen molar-refractivity contribution in [3.8, 4) is 0 Å². The number of hydrogen-bond donors (Lipinski definition) is 1. The largest absolute Gasteiger partial charge is 0.466 e. The summed E-state index contributed by atoms with van der Waals surface area (Å²) in [7, 11) is 0. The van der Waals surface area contributed by atoms with E-state index in [1.807, 2.05) is 0 Å². The van der Waals surface area contributed by atoms with E-state index < -0.39 is 0 Å². The van der Waals surface area contributed by atoms with Gasteiger partial charge in [-0.2, -0.15) is 0 Å². The molecule has 0 saturated carbocycles. The SMILES string of the molecule is CC/C=C\CCCCOC(CCC(=O)OCCCCCCN(CCO)CCN(CCCCCCOC(=O)C(CCCC)CCCCCC)CCCCCCOC(=O)C(CCCC)CCCCCC)OCCCC/C=C\CC. The Bertz CT molecular complexity index is 1260. The summed E-state index contributed by atoms with van der Waals surface area (Å²) in [5, 5.41) is 10.0. The van der Waals surface area contributed by atoms with Crippen LogP contribution in [0.25, 0.3) is 0 Å². The van der Waals surface area contributed by atoms with Crippen LogP contribution in [0, 0.1) is 11.8 Å². The molecule has 0 saturated heterocycles. The summed E-state index contributed by atoms with van der Waals surface area (Å²) in [5.74, 6) is -0.0441. The lowest BCUT2D eigenvalue weighted by molar-refractivity contribution is -0.159. The Kier molecular flexibility index (Phi) is 58.0. The van der Waals surface area contributed by atoms with Crippen molar-refractivity contribution in [2.24, 2.45) is 11.8 Å². The highest BCUT2D eigenvalue weighted by atomic mass is 16.7. The van der Waals surface area contributed by atoms with Gasteiger partial charge in [0, 0.05) is 39.3 Å². The van der Waals surface area contributed by atoms with Gasteiger partial charge in [-0.15, -0.1) is 0 Å². The van der Waals surface area contributed by atoms with Crippen LogP contribution < -0.4 is 0 Å². The number of unbranched alkanes of at least 4 members (excludes halogenated alkanes) is 21. The number of rotatable bonds is 61. The molecule has 2 unspecified atom stereocenters. The summed E-state index contributed by atoms with van der Waals surface area (Å²) < 4.78 is 29.5. The van der Waals surface area contributed by atoms with Gasteiger partial charge in [0.1, 0.15) is 0 Å². The molecule has 0 aromatic carbocycles. The number of ether oxygens (including phenoxy) is 5. The fourth-order valence-electron chi connectivity index (χ4n) is 9.78. The predicted octanol–water partition coefficient (Wildman–Crippen LogP) is 16.9. The average molecular weight is 1090 g/mol. The summed E-state index contributed by atoms with van der Waals surface area (Å²) in [4.78, 5) is 43.7. The fraction of sp³-hybridized carbons (Fsp3) is 0.894. The highest BCUT2D eigenvalue weighted by molar-refractivity contribution is 5.72. The summed E-state index contributed by atoms with van der Waals surface area (Å²) >= 11 is 0. The Balaban J connectivity index is 5.02. The highest BCUT2D eigenvalue weighted by Crippen LogP contribution is 2.21. The summed E-state index contributed by atoms with van der Waals surface area (Å²) in [6.45, 7) is 21.6. The van der Waals surface area contributed by atoms with Gasteiger partial charge >= 0.3 is 17.9 Å². The summed E-state index contributed by atoms with van der Waals surface area (Å²) in [5.41, 5.74) is 0. The van der Waals surface area contributed by atoms with Gasteiger partial charge < -0.3 is 33.7 Å². The van der Waals surface area contributed by atoms with E-state index in [1.54, 1.807) is 0 Å². The number of carbonyl (C=O) groups is 3. The lowest BCUT2D eigenvalue weighted by atomic mass is 9.95. The minimum Gasteiger partial charge on any atom is -0.466 e. The van der Waals surface area contributed by atoms with Crippen molar-refractivity contribution in [2.75, 3.05) is 78.9 Å². The average Bonchev–Trinajstić information content (AvgIpc) is 3.43. The van der Waals surface area contributed by atoms with Crippen molar-refractivity contribution in [1.82, 2.24) is 9.80 Å². The first-order valence-electron chi connectivity index (χ1n) is 32.9. The van der Waals surface area contributed by atoms with Crippen LogP contribution in [-0.4, -0.2) is 118 Å². The second-order valence-electron chi connectivity index (χ2n) is 22.0. The normalized spacial score (nSPS) is 12.8. The number of carbonyl (C=O) groups excluding carboxylic acids is 3. The number of hydrogen-bond acceptors (Lipinski definition) is 11. The molecule has 11 heteroatoms. The van der Waals surface area contributed by atoms with Gasteiger partial charge in [-0.05, 0) is 135 Å². The van der Waals surface area contributed by atoms with E-state index in [4.69, 9.17) is 23.7 Å². The van der Waals surface area contributed by atoms with E-state index in [2.05, 4.69) is 75.6 Å². The number of aliphatic hydroxyl groups excluding tert-OH is 1. The van der Waals surface area contributed by atoms with E-state index in [9.17, 15) is 19.5 Å². The van der Waals surface area contributed by atoms with Crippen molar-refractivity contribution in [1.29, 1.82) is 0 Å². The molecule has 0 aromatic rings. The van der Waals surface area contributed by atoms with Crippen molar-refractivity contribution < 1.29 is 43.2 Å². The fourth-order valence-corrected chi connectivity index (χ4v) is 9.78.